The Morgan fingerprint density at radius 2 is 1.73 bits per heavy atom. The highest BCUT2D eigenvalue weighted by Crippen LogP contribution is 2.27. The van der Waals surface area contributed by atoms with Gasteiger partial charge in [0.15, 0.2) is 5.76 Å². The van der Waals surface area contributed by atoms with Crippen LogP contribution in [-0.2, 0) is 0 Å². The second-order valence-corrected chi connectivity index (χ2v) is 8.26. The molecule has 3 aromatic heterocycles. The maximum absolute atomic E-state index is 13.7. The van der Waals surface area contributed by atoms with Crippen LogP contribution < -0.4 is 4.90 Å². The zero-order chi connectivity index (χ0) is 22.2. The number of hydrogen-bond acceptors (Lipinski definition) is 5. The molecule has 0 saturated carbocycles. The third-order valence-corrected chi connectivity index (χ3v) is 6.18. The molecule has 2 aromatic carbocycles. The third-order valence-electron chi connectivity index (χ3n) is 6.18. The summed E-state index contributed by atoms with van der Waals surface area (Å²) < 4.78 is 5.55. The van der Waals surface area contributed by atoms with Crippen molar-refractivity contribution in [1.82, 2.24) is 19.9 Å². The Bertz CT molecular complexity index is 1410. The smallest absolute Gasteiger partial charge is 0.254 e. The van der Waals surface area contributed by atoms with Crippen LogP contribution in [0.4, 0.5) is 5.95 Å². The molecule has 7 nitrogen and oxygen atoms in total. The van der Waals surface area contributed by atoms with Gasteiger partial charge in [-0.15, -0.1) is 0 Å². The van der Waals surface area contributed by atoms with Gasteiger partial charge in [0.25, 0.3) is 5.91 Å². The van der Waals surface area contributed by atoms with Crippen molar-refractivity contribution in [1.29, 1.82) is 0 Å². The highest BCUT2D eigenvalue weighted by Gasteiger charge is 2.24. The van der Waals surface area contributed by atoms with Crippen molar-refractivity contribution in [3.05, 3.63) is 78.6 Å². The predicted molar refractivity (Wildman–Crippen MR) is 128 cm³/mol. The summed E-state index contributed by atoms with van der Waals surface area (Å²) in [4.78, 5) is 30.7. The summed E-state index contributed by atoms with van der Waals surface area (Å²) in [5.41, 5.74) is 4.09. The summed E-state index contributed by atoms with van der Waals surface area (Å²) in [6.07, 6.45) is 2.49. The molecule has 6 rings (SSSR count). The van der Waals surface area contributed by atoms with Crippen molar-refractivity contribution in [2.45, 2.75) is 6.42 Å². The van der Waals surface area contributed by atoms with Gasteiger partial charge in [-0.1, -0.05) is 30.3 Å². The number of nitrogens with zero attached hydrogens (tertiary/aromatic N) is 4. The number of rotatable bonds is 3. The van der Waals surface area contributed by atoms with Crippen LogP contribution in [0.15, 0.2) is 77.4 Å². The van der Waals surface area contributed by atoms with Gasteiger partial charge in [-0.3, -0.25) is 4.79 Å². The fourth-order valence-corrected chi connectivity index (χ4v) is 4.49. The summed E-state index contributed by atoms with van der Waals surface area (Å²) in [5.74, 6) is 1.54. The lowest BCUT2D eigenvalue weighted by Gasteiger charge is -2.22. The molecule has 164 valence electrons. The van der Waals surface area contributed by atoms with Crippen LogP contribution in [0.5, 0.6) is 0 Å². The number of hydrogen-bond donors (Lipinski definition) is 1. The van der Waals surface area contributed by atoms with E-state index in [-0.39, 0.29) is 5.91 Å². The van der Waals surface area contributed by atoms with Crippen molar-refractivity contribution < 1.29 is 9.21 Å². The monoisotopic (exact) mass is 437 g/mol. The second kappa shape index (κ2) is 8.09. The third kappa shape index (κ3) is 3.61. The minimum atomic E-state index is 0.0212. The zero-order valence-electron chi connectivity index (χ0n) is 18.1. The van der Waals surface area contributed by atoms with Crippen molar-refractivity contribution >= 4 is 33.8 Å². The van der Waals surface area contributed by atoms with Crippen LogP contribution in [0, 0.1) is 0 Å². The van der Waals surface area contributed by atoms with Crippen molar-refractivity contribution in [2.24, 2.45) is 0 Å². The topological polar surface area (TPSA) is 78.3 Å². The standard InChI is InChI=1S/C26H23N5O2/c32-25(19-17-23(24-11-5-16-33-24)27-20-8-2-1-7-18(19)20)30-12-6-13-31(15-14-30)26-28-21-9-3-4-10-22(21)29-26/h1-5,7-11,16-17H,6,12-15H2,(H,28,29). The molecule has 7 heteroatoms. The number of carbonyl (C=O) groups is 1. The lowest BCUT2D eigenvalue weighted by Crippen LogP contribution is -2.35. The average molecular weight is 438 g/mol. The molecule has 33 heavy (non-hydrogen) atoms. The van der Waals surface area contributed by atoms with E-state index < -0.39 is 0 Å². The van der Waals surface area contributed by atoms with E-state index in [0.29, 0.717) is 30.1 Å². The first kappa shape index (κ1) is 19.5. The molecule has 4 heterocycles. The Morgan fingerprint density at radius 3 is 2.58 bits per heavy atom. The number of nitrogens with one attached hydrogen (secondary N) is 1. The molecular formula is C26H23N5O2. The quantitative estimate of drug-likeness (QED) is 0.442. The van der Waals surface area contributed by atoms with E-state index >= 15 is 0 Å². The van der Waals surface area contributed by atoms with Crippen molar-refractivity contribution in [3.63, 3.8) is 0 Å². The Balaban J connectivity index is 1.29. The number of aromatic amines is 1. The largest absolute Gasteiger partial charge is 0.463 e. The van der Waals surface area contributed by atoms with Crippen LogP contribution in [0.3, 0.4) is 0 Å². The lowest BCUT2D eigenvalue weighted by molar-refractivity contribution is 0.0769. The molecule has 1 aliphatic heterocycles. The lowest BCUT2D eigenvalue weighted by atomic mass is 10.1. The number of aromatic nitrogens is 3. The summed E-state index contributed by atoms with van der Waals surface area (Å²) in [6, 6.07) is 21.4. The number of imidazole rings is 1. The van der Waals surface area contributed by atoms with Gasteiger partial charge in [0.1, 0.15) is 5.69 Å². The summed E-state index contributed by atoms with van der Waals surface area (Å²) in [6.45, 7) is 2.89. The highest BCUT2D eigenvalue weighted by molar-refractivity contribution is 6.07. The number of carbonyl (C=O) groups excluding carboxylic acids is 1. The molecule has 0 unspecified atom stereocenters. The van der Waals surface area contributed by atoms with E-state index in [1.807, 2.05) is 71.6 Å². The van der Waals surface area contributed by atoms with Crippen LogP contribution in [0.2, 0.25) is 0 Å². The minimum absolute atomic E-state index is 0.0212. The van der Waals surface area contributed by atoms with Gasteiger partial charge in [-0.25, -0.2) is 9.97 Å². The Labute approximate surface area is 190 Å². The summed E-state index contributed by atoms with van der Waals surface area (Å²) >= 11 is 0. The molecule has 0 radical (unpaired) electrons. The highest BCUT2D eigenvalue weighted by atomic mass is 16.3. The molecular weight excluding hydrogens is 414 g/mol. The number of anilines is 1. The number of amides is 1. The molecule has 0 spiro atoms. The molecule has 1 N–H and O–H groups in total. The molecule has 0 atom stereocenters. The predicted octanol–water partition coefficient (Wildman–Crippen LogP) is 4.72. The van der Waals surface area contributed by atoms with Gasteiger partial charge in [-0.05, 0) is 42.8 Å². The first-order chi connectivity index (χ1) is 16.3. The molecule has 0 bridgehead atoms. The minimum Gasteiger partial charge on any atom is -0.463 e. The van der Waals surface area contributed by atoms with E-state index in [1.54, 1.807) is 6.26 Å². The number of fused-ring (bicyclic) bond motifs is 2. The number of benzene rings is 2. The molecule has 0 aliphatic carbocycles. The Morgan fingerprint density at radius 1 is 0.879 bits per heavy atom. The second-order valence-electron chi connectivity index (χ2n) is 8.26. The maximum Gasteiger partial charge on any atom is 0.254 e. The maximum atomic E-state index is 13.7. The van der Waals surface area contributed by atoms with E-state index in [9.17, 15) is 4.79 Å². The molecule has 1 fully saturated rings. The number of furan rings is 1. The van der Waals surface area contributed by atoms with E-state index in [4.69, 9.17) is 14.4 Å². The summed E-state index contributed by atoms with van der Waals surface area (Å²) in [7, 11) is 0. The van der Waals surface area contributed by atoms with Crippen molar-refractivity contribution in [3.8, 4) is 11.5 Å². The number of H-pyrrole nitrogens is 1. The van der Waals surface area contributed by atoms with Gasteiger partial charge in [-0.2, -0.15) is 0 Å². The normalized spacial score (nSPS) is 14.7. The van der Waals surface area contributed by atoms with Crippen LogP contribution in [-0.4, -0.2) is 51.9 Å². The fourth-order valence-electron chi connectivity index (χ4n) is 4.49. The van der Waals surface area contributed by atoms with Gasteiger partial charge in [0.05, 0.1) is 28.4 Å². The Kier molecular flexibility index (Phi) is 4.79. The van der Waals surface area contributed by atoms with E-state index in [1.165, 1.54) is 0 Å². The van der Waals surface area contributed by atoms with Gasteiger partial charge in [0, 0.05) is 31.6 Å². The van der Waals surface area contributed by atoms with Crippen LogP contribution >= 0.6 is 0 Å². The van der Waals surface area contributed by atoms with Crippen LogP contribution in [0.1, 0.15) is 16.8 Å². The molecule has 1 aliphatic rings. The van der Waals surface area contributed by atoms with Gasteiger partial charge in [0.2, 0.25) is 5.95 Å². The number of pyridine rings is 1. The SMILES string of the molecule is O=C(c1cc(-c2ccco2)nc2ccccc12)N1CCCN(c2nc3ccccc3[nH]2)CC1. The van der Waals surface area contributed by atoms with Gasteiger partial charge >= 0.3 is 0 Å². The van der Waals surface area contributed by atoms with Gasteiger partial charge < -0.3 is 19.2 Å². The molecule has 1 amide bonds. The van der Waals surface area contributed by atoms with E-state index in [2.05, 4.69) is 9.88 Å². The van der Waals surface area contributed by atoms with E-state index in [0.717, 1.165) is 47.4 Å². The summed E-state index contributed by atoms with van der Waals surface area (Å²) in [5, 5.41) is 0.858. The van der Waals surface area contributed by atoms with Crippen LogP contribution in [0.25, 0.3) is 33.4 Å². The molecule has 5 aromatic rings. The zero-order valence-corrected chi connectivity index (χ0v) is 18.1. The molecule has 1 saturated heterocycles. The fraction of sp³-hybridized carbons (Fsp3) is 0.192. The first-order valence-corrected chi connectivity index (χ1v) is 11.2. The number of para-hydroxylation sites is 3. The first-order valence-electron chi connectivity index (χ1n) is 11.2. The average Bonchev–Trinajstić information content (AvgIpc) is 3.48. The van der Waals surface area contributed by atoms with Crippen molar-refractivity contribution in [2.75, 3.05) is 31.1 Å². The Hall–Kier alpha value is -4.13.